The summed E-state index contributed by atoms with van der Waals surface area (Å²) in [5, 5.41) is 8.22. The van der Waals surface area contributed by atoms with Crippen molar-refractivity contribution >= 4 is 40.2 Å². The minimum absolute atomic E-state index is 0.0330. The van der Waals surface area contributed by atoms with Crippen molar-refractivity contribution in [1.82, 2.24) is 26.1 Å². The van der Waals surface area contributed by atoms with Crippen molar-refractivity contribution in [2.75, 3.05) is 19.7 Å². The molecule has 2 unspecified atom stereocenters. The molecule has 3 N–H and O–H groups in total. The lowest BCUT2D eigenvalue weighted by atomic mass is 9.98. The molecule has 2 aromatic rings. The molecule has 1 fully saturated rings. The number of hydrogen-bond donors (Lipinski definition) is 3. The minimum Gasteiger partial charge on any atom is -0.453 e. The van der Waals surface area contributed by atoms with Gasteiger partial charge in [-0.25, -0.2) is 15.2 Å². The summed E-state index contributed by atoms with van der Waals surface area (Å²) in [7, 11) is 0. The van der Waals surface area contributed by atoms with E-state index in [0.29, 0.717) is 31.2 Å². The monoisotopic (exact) mass is 553 g/mol. The number of nitrogens with zero attached hydrogens (tertiary/aromatic N) is 2. The summed E-state index contributed by atoms with van der Waals surface area (Å²) in [6.07, 6.45) is 3.00. The summed E-state index contributed by atoms with van der Waals surface area (Å²) < 4.78 is 5.29. The Morgan fingerprint density at radius 3 is 2.58 bits per heavy atom. The number of benzene rings is 1. The number of rotatable bonds is 12. The number of carbonyl (C=O) groups is 5. The zero-order valence-electron chi connectivity index (χ0n) is 23.6. The van der Waals surface area contributed by atoms with Crippen molar-refractivity contribution < 1.29 is 28.7 Å². The number of pyridine rings is 1. The van der Waals surface area contributed by atoms with Gasteiger partial charge in [-0.1, -0.05) is 52.0 Å². The number of amides is 3. The fraction of sp³-hybridized carbons (Fsp3) is 0.517. The van der Waals surface area contributed by atoms with Crippen LogP contribution in [0.3, 0.4) is 0 Å². The van der Waals surface area contributed by atoms with E-state index in [1.54, 1.807) is 32.0 Å². The van der Waals surface area contributed by atoms with E-state index in [0.717, 1.165) is 5.39 Å². The van der Waals surface area contributed by atoms with Crippen molar-refractivity contribution in [3.05, 3.63) is 42.2 Å². The third kappa shape index (κ3) is 8.32. The lowest BCUT2D eigenvalue weighted by Gasteiger charge is -2.36. The van der Waals surface area contributed by atoms with Gasteiger partial charge in [0.25, 0.3) is 0 Å². The summed E-state index contributed by atoms with van der Waals surface area (Å²) in [6, 6.07) is 7.27. The molecule has 11 heteroatoms. The maximum absolute atomic E-state index is 13.3. The Balaban J connectivity index is 1.58. The molecule has 216 valence electrons. The fourth-order valence-electron chi connectivity index (χ4n) is 4.56. The number of nitrogens with one attached hydrogen (secondary N) is 3. The van der Waals surface area contributed by atoms with Crippen LogP contribution in [0.15, 0.2) is 36.5 Å². The second-order valence-corrected chi connectivity index (χ2v) is 10.7. The molecule has 2 heterocycles. The van der Waals surface area contributed by atoms with Crippen LogP contribution in [-0.4, -0.2) is 71.2 Å². The third-order valence-electron chi connectivity index (χ3n) is 6.60. The number of aromatic nitrogens is 1. The number of fused-ring (bicyclic) bond motifs is 1. The zero-order chi connectivity index (χ0) is 29.2. The molecule has 40 heavy (non-hydrogen) atoms. The fourth-order valence-corrected chi connectivity index (χ4v) is 4.56. The molecule has 3 rings (SSSR count). The largest absolute Gasteiger partial charge is 0.453 e. The van der Waals surface area contributed by atoms with Gasteiger partial charge in [0.05, 0.1) is 6.04 Å². The number of ether oxygens (including phenoxy) is 1. The Morgan fingerprint density at radius 2 is 1.85 bits per heavy atom. The van der Waals surface area contributed by atoms with Gasteiger partial charge in [0.15, 0.2) is 18.1 Å². The molecule has 1 aromatic carbocycles. The number of Topliss-reactive ketones (excluding diaryl/α,β-unsaturated/α-hetero) is 1. The molecule has 0 radical (unpaired) electrons. The van der Waals surface area contributed by atoms with E-state index in [1.165, 1.54) is 11.2 Å². The van der Waals surface area contributed by atoms with E-state index in [1.807, 2.05) is 26.0 Å². The molecule has 0 bridgehead atoms. The van der Waals surface area contributed by atoms with E-state index in [-0.39, 0.29) is 42.3 Å². The molecular weight excluding hydrogens is 514 g/mol. The average Bonchev–Trinajstić information content (AvgIpc) is 2.93. The number of esters is 1. The highest BCUT2D eigenvalue weighted by Gasteiger charge is 2.35. The number of hydrazine groups is 1. The first-order valence-corrected chi connectivity index (χ1v) is 13.7. The SMILES string of the molecule is CC(C)CC(=O)NCCC(=O)N1NCCCC1C(=O)NC(C(=O)COC(=O)c1nccc2ccccc12)C(C)C. The molecule has 11 nitrogen and oxygen atoms in total. The van der Waals surface area contributed by atoms with Crippen molar-refractivity contribution in [2.45, 2.75) is 65.5 Å². The number of carbonyl (C=O) groups excluding carboxylic acids is 5. The highest BCUT2D eigenvalue weighted by molar-refractivity contribution is 6.03. The van der Waals surface area contributed by atoms with Crippen LogP contribution in [0.1, 0.15) is 63.9 Å². The predicted octanol–water partition coefficient (Wildman–Crippen LogP) is 2.15. The molecule has 1 aromatic heterocycles. The lowest BCUT2D eigenvalue weighted by molar-refractivity contribution is -0.147. The first kappa shape index (κ1) is 30.7. The van der Waals surface area contributed by atoms with Gasteiger partial charge in [-0.2, -0.15) is 0 Å². The maximum atomic E-state index is 13.3. The summed E-state index contributed by atoms with van der Waals surface area (Å²) in [4.78, 5) is 67.9. The van der Waals surface area contributed by atoms with Gasteiger partial charge in [0.2, 0.25) is 17.7 Å². The lowest BCUT2D eigenvalue weighted by Crippen LogP contribution is -2.61. The molecular formula is C29H39N5O6. The Morgan fingerprint density at radius 1 is 1.10 bits per heavy atom. The van der Waals surface area contributed by atoms with E-state index in [9.17, 15) is 24.0 Å². The number of ketones is 1. The van der Waals surface area contributed by atoms with Crippen LogP contribution in [-0.2, 0) is 23.9 Å². The zero-order valence-corrected chi connectivity index (χ0v) is 23.6. The van der Waals surface area contributed by atoms with Crippen molar-refractivity contribution in [3.63, 3.8) is 0 Å². The minimum atomic E-state index is -0.921. The van der Waals surface area contributed by atoms with Crippen LogP contribution < -0.4 is 16.1 Å². The Hall–Kier alpha value is -3.86. The predicted molar refractivity (Wildman–Crippen MR) is 149 cm³/mol. The van der Waals surface area contributed by atoms with Gasteiger partial charge in [-0.05, 0) is 36.1 Å². The standard InChI is InChI=1S/C29H39N5O6/c1-18(2)16-24(36)30-15-12-25(37)34-22(10-7-13-32-34)28(38)33-26(19(3)4)23(35)17-40-29(39)27-21-9-6-5-8-20(21)11-14-31-27/h5-6,8-9,11,14,18-19,22,26,32H,7,10,12-13,15-17H2,1-4H3,(H,30,36)(H,33,38). The maximum Gasteiger partial charge on any atom is 0.358 e. The molecule has 3 amide bonds. The smallest absolute Gasteiger partial charge is 0.358 e. The van der Waals surface area contributed by atoms with Gasteiger partial charge >= 0.3 is 5.97 Å². The van der Waals surface area contributed by atoms with E-state index in [4.69, 9.17) is 4.74 Å². The molecule has 0 saturated carbocycles. The average molecular weight is 554 g/mol. The quantitative estimate of drug-likeness (QED) is 0.339. The molecule has 1 aliphatic heterocycles. The van der Waals surface area contributed by atoms with Gasteiger partial charge < -0.3 is 15.4 Å². The molecule has 0 aliphatic carbocycles. The molecule has 0 spiro atoms. The molecule has 1 saturated heterocycles. The summed E-state index contributed by atoms with van der Waals surface area (Å²) in [6.45, 7) is 7.59. The van der Waals surface area contributed by atoms with Gasteiger partial charge in [-0.3, -0.25) is 24.2 Å². The van der Waals surface area contributed by atoms with Crippen molar-refractivity contribution in [3.8, 4) is 0 Å². The second-order valence-electron chi connectivity index (χ2n) is 10.7. The van der Waals surface area contributed by atoms with Gasteiger partial charge in [0.1, 0.15) is 6.04 Å². The third-order valence-corrected chi connectivity index (χ3v) is 6.60. The molecule has 2 atom stereocenters. The Kier molecular flexibility index (Phi) is 11.1. The Labute approximate surface area is 234 Å². The summed E-state index contributed by atoms with van der Waals surface area (Å²) in [5.74, 6) is -2.20. The first-order chi connectivity index (χ1) is 19.1. The van der Waals surface area contributed by atoms with E-state index in [2.05, 4.69) is 21.0 Å². The van der Waals surface area contributed by atoms with Gasteiger partial charge in [-0.15, -0.1) is 0 Å². The Bertz CT molecular complexity index is 1230. The normalized spacial score (nSPS) is 16.1. The van der Waals surface area contributed by atoms with Crippen LogP contribution in [0.5, 0.6) is 0 Å². The van der Waals surface area contributed by atoms with E-state index < -0.39 is 36.4 Å². The van der Waals surface area contributed by atoms with Crippen LogP contribution in [0.2, 0.25) is 0 Å². The van der Waals surface area contributed by atoms with Crippen LogP contribution in [0, 0.1) is 11.8 Å². The molecule has 1 aliphatic rings. The van der Waals surface area contributed by atoms with Crippen molar-refractivity contribution in [2.24, 2.45) is 11.8 Å². The van der Waals surface area contributed by atoms with Crippen LogP contribution >= 0.6 is 0 Å². The van der Waals surface area contributed by atoms with Crippen molar-refractivity contribution in [1.29, 1.82) is 0 Å². The topological polar surface area (TPSA) is 147 Å². The number of hydrogen-bond acceptors (Lipinski definition) is 8. The summed E-state index contributed by atoms with van der Waals surface area (Å²) >= 11 is 0. The van der Waals surface area contributed by atoms with Crippen LogP contribution in [0.4, 0.5) is 0 Å². The van der Waals surface area contributed by atoms with Crippen LogP contribution in [0.25, 0.3) is 10.8 Å². The van der Waals surface area contributed by atoms with E-state index >= 15 is 0 Å². The highest BCUT2D eigenvalue weighted by atomic mass is 16.5. The first-order valence-electron chi connectivity index (χ1n) is 13.7. The van der Waals surface area contributed by atoms with Gasteiger partial charge in [0, 0.05) is 37.5 Å². The summed E-state index contributed by atoms with van der Waals surface area (Å²) in [5.41, 5.74) is 3.08. The second kappa shape index (κ2) is 14.5. The highest BCUT2D eigenvalue weighted by Crippen LogP contribution is 2.18.